The van der Waals surface area contributed by atoms with Gasteiger partial charge >= 0.3 is 0 Å². The number of methoxy groups -OCH3 is 1. The van der Waals surface area contributed by atoms with Gasteiger partial charge < -0.3 is 18.8 Å². The maximum Gasteiger partial charge on any atom is 0.218 e. The summed E-state index contributed by atoms with van der Waals surface area (Å²) in [5.74, 6) is 3.74. The number of imidazole rings is 1. The smallest absolute Gasteiger partial charge is 0.218 e. The van der Waals surface area contributed by atoms with Gasteiger partial charge in [0.25, 0.3) is 0 Å². The van der Waals surface area contributed by atoms with Crippen LogP contribution in [0.25, 0.3) is 0 Å². The summed E-state index contributed by atoms with van der Waals surface area (Å²) >= 11 is 0. The zero-order valence-corrected chi connectivity index (χ0v) is 15.0. The summed E-state index contributed by atoms with van der Waals surface area (Å²) in [7, 11) is 3.65. The van der Waals surface area contributed by atoms with Crippen molar-refractivity contribution in [2.45, 2.75) is 25.3 Å². The van der Waals surface area contributed by atoms with Crippen LogP contribution in [0.3, 0.4) is 0 Å². The number of nitrogens with zero attached hydrogens (tertiary/aromatic N) is 8. The third kappa shape index (κ3) is 3.24. The van der Waals surface area contributed by atoms with E-state index in [9.17, 15) is 0 Å². The molecule has 1 aliphatic heterocycles. The molecule has 1 atom stereocenters. The monoisotopic (exact) mass is 354 g/mol. The van der Waals surface area contributed by atoms with Gasteiger partial charge in [-0.25, -0.2) is 15.0 Å². The van der Waals surface area contributed by atoms with Crippen LogP contribution in [0, 0.1) is 0 Å². The number of hydrogen-bond donors (Lipinski definition) is 0. The summed E-state index contributed by atoms with van der Waals surface area (Å²) in [4.78, 5) is 14.8. The van der Waals surface area contributed by atoms with E-state index in [1.54, 1.807) is 26.0 Å². The Balaban J connectivity index is 1.52. The lowest BCUT2D eigenvalue weighted by atomic mass is 9.97. The van der Waals surface area contributed by atoms with Gasteiger partial charge in [0.05, 0.1) is 20.0 Å². The highest BCUT2D eigenvalue weighted by atomic mass is 16.5. The van der Waals surface area contributed by atoms with Gasteiger partial charge in [-0.15, -0.1) is 10.2 Å². The maximum atomic E-state index is 5.22. The number of hydrogen-bond acceptors (Lipinski definition) is 7. The van der Waals surface area contributed by atoms with E-state index in [0.717, 1.165) is 43.4 Å². The summed E-state index contributed by atoms with van der Waals surface area (Å²) < 4.78 is 9.32. The van der Waals surface area contributed by atoms with Gasteiger partial charge in [-0.3, -0.25) is 0 Å². The second kappa shape index (κ2) is 7.11. The molecule has 4 rings (SSSR count). The summed E-state index contributed by atoms with van der Waals surface area (Å²) in [6.45, 7) is 2.50. The lowest BCUT2D eigenvalue weighted by Crippen LogP contribution is -2.36. The number of rotatable bonds is 5. The molecule has 136 valence electrons. The Hall–Kier alpha value is -2.97. The minimum absolute atomic E-state index is 0.318. The molecule has 1 aliphatic rings. The quantitative estimate of drug-likeness (QED) is 0.681. The van der Waals surface area contributed by atoms with Crippen LogP contribution in [0.15, 0.2) is 31.1 Å². The van der Waals surface area contributed by atoms with Gasteiger partial charge in [-0.2, -0.15) is 0 Å². The van der Waals surface area contributed by atoms with Crippen LogP contribution in [0.4, 0.5) is 5.82 Å². The van der Waals surface area contributed by atoms with E-state index in [0.29, 0.717) is 18.3 Å². The van der Waals surface area contributed by atoms with Crippen molar-refractivity contribution in [1.29, 1.82) is 0 Å². The fourth-order valence-corrected chi connectivity index (χ4v) is 3.42. The summed E-state index contributed by atoms with van der Waals surface area (Å²) in [6.07, 6.45) is 9.21. The Kier molecular flexibility index (Phi) is 4.51. The average Bonchev–Trinajstić information content (AvgIpc) is 3.33. The molecule has 0 saturated carbocycles. The zero-order chi connectivity index (χ0) is 17.9. The van der Waals surface area contributed by atoms with Crippen molar-refractivity contribution in [2.75, 3.05) is 25.1 Å². The van der Waals surface area contributed by atoms with Gasteiger partial charge in [0.2, 0.25) is 5.88 Å². The number of anilines is 1. The minimum atomic E-state index is 0.318. The molecule has 0 amide bonds. The van der Waals surface area contributed by atoms with E-state index >= 15 is 0 Å². The van der Waals surface area contributed by atoms with Crippen LogP contribution < -0.4 is 9.64 Å². The van der Waals surface area contributed by atoms with Gasteiger partial charge in [0.1, 0.15) is 18.0 Å². The van der Waals surface area contributed by atoms with Crippen molar-refractivity contribution in [3.8, 4) is 5.88 Å². The maximum absolute atomic E-state index is 5.22. The molecule has 3 aromatic heterocycles. The van der Waals surface area contributed by atoms with Crippen molar-refractivity contribution >= 4 is 5.82 Å². The standard InChI is InChI=1S/C17H22N8O/c1-23-15(10-24-7-5-18-12-24)21-22-17(23)13-4-3-6-25(9-13)14-8-16(26-2)20-11-19-14/h5,7-8,11-13H,3-4,6,9-10H2,1-2H3/t13-/m1/s1. The largest absolute Gasteiger partial charge is 0.481 e. The zero-order valence-electron chi connectivity index (χ0n) is 15.0. The topological polar surface area (TPSA) is 86.8 Å². The molecule has 1 saturated heterocycles. The summed E-state index contributed by atoms with van der Waals surface area (Å²) in [5.41, 5.74) is 0. The fraction of sp³-hybridized carbons (Fsp3) is 0.471. The van der Waals surface area contributed by atoms with Crippen LogP contribution in [0.2, 0.25) is 0 Å². The molecule has 0 unspecified atom stereocenters. The van der Waals surface area contributed by atoms with Crippen LogP contribution in [-0.4, -0.2) is 54.5 Å². The second-order valence-corrected chi connectivity index (χ2v) is 6.47. The molecular formula is C17H22N8O. The fourth-order valence-electron chi connectivity index (χ4n) is 3.42. The van der Waals surface area contributed by atoms with E-state index in [2.05, 4.69) is 34.6 Å². The summed E-state index contributed by atoms with van der Waals surface area (Å²) in [5, 5.41) is 8.87. The minimum Gasteiger partial charge on any atom is -0.481 e. The van der Waals surface area contributed by atoms with Crippen LogP contribution in [0.5, 0.6) is 5.88 Å². The highest BCUT2D eigenvalue weighted by molar-refractivity contribution is 5.41. The third-order valence-electron chi connectivity index (χ3n) is 4.83. The number of piperidine rings is 1. The Labute approximate surface area is 151 Å². The molecule has 0 aliphatic carbocycles. The molecule has 4 heterocycles. The van der Waals surface area contributed by atoms with E-state index in [-0.39, 0.29) is 0 Å². The lowest BCUT2D eigenvalue weighted by Gasteiger charge is -2.33. The van der Waals surface area contributed by atoms with Gasteiger partial charge in [0.15, 0.2) is 5.82 Å². The van der Waals surface area contributed by atoms with E-state index in [1.807, 2.05) is 23.9 Å². The Morgan fingerprint density at radius 1 is 1.27 bits per heavy atom. The van der Waals surface area contributed by atoms with E-state index < -0.39 is 0 Å². The number of ether oxygens (including phenoxy) is 1. The van der Waals surface area contributed by atoms with Gasteiger partial charge in [0, 0.05) is 44.5 Å². The molecule has 9 heteroatoms. The summed E-state index contributed by atoms with van der Waals surface area (Å²) in [6, 6.07) is 1.88. The molecular weight excluding hydrogens is 332 g/mol. The SMILES string of the molecule is COc1cc(N2CCC[C@@H](c3nnc(Cn4ccnc4)n3C)C2)ncn1. The van der Waals surface area contributed by atoms with Gasteiger partial charge in [-0.1, -0.05) is 0 Å². The molecule has 0 aromatic carbocycles. The predicted molar refractivity (Wildman–Crippen MR) is 95.1 cm³/mol. The average molecular weight is 354 g/mol. The van der Waals surface area contributed by atoms with E-state index in [4.69, 9.17) is 4.74 Å². The Morgan fingerprint density at radius 3 is 3.00 bits per heavy atom. The van der Waals surface area contributed by atoms with Crippen molar-refractivity contribution in [3.05, 3.63) is 42.8 Å². The molecule has 0 spiro atoms. The first-order chi connectivity index (χ1) is 12.7. The molecule has 1 fully saturated rings. The van der Waals surface area contributed by atoms with Crippen LogP contribution >= 0.6 is 0 Å². The molecule has 3 aromatic rings. The number of aromatic nitrogens is 7. The van der Waals surface area contributed by atoms with Crippen molar-refractivity contribution in [1.82, 2.24) is 34.3 Å². The van der Waals surface area contributed by atoms with Crippen molar-refractivity contribution in [3.63, 3.8) is 0 Å². The van der Waals surface area contributed by atoms with Crippen LogP contribution in [0.1, 0.15) is 30.4 Å². The van der Waals surface area contributed by atoms with Gasteiger partial charge in [-0.05, 0) is 12.8 Å². The highest BCUT2D eigenvalue weighted by Crippen LogP contribution is 2.29. The normalized spacial score (nSPS) is 17.5. The first-order valence-corrected chi connectivity index (χ1v) is 8.69. The molecule has 0 radical (unpaired) electrons. The van der Waals surface area contributed by atoms with Crippen molar-refractivity contribution < 1.29 is 4.74 Å². The third-order valence-corrected chi connectivity index (χ3v) is 4.83. The molecule has 0 bridgehead atoms. The predicted octanol–water partition coefficient (Wildman–Crippen LogP) is 1.24. The highest BCUT2D eigenvalue weighted by Gasteiger charge is 2.27. The van der Waals surface area contributed by atoms with E-state index in [1.165, 1.54) is 0 Å². The first-order valence-electron chi connectivity index (χ1n) is 8.69. The molecule has 26 heavy (non-hydrogen) atoms. The first kappa shape index (κ1) is 16.5. The van der Waals surface area contributed by atoms with Crippen LogP contribution in [-0.2, 0) is 13.6 Å². The Morgan fingerprint density at radius 2 is 2.19 bits per heavy atom. The lowest BCUT2D eigenvalue weighted by molar-refractivity contribution is 0.396. The second-order valence-electron chi connectivity index (χ2n) is 6.47. The Bertz CT molecular complexity index is 860. The molecule has 9 nitrogen and oxygen atoms in total. The molecule has 0 N–H and O–H groups in total. The van der Waals surface area contributed by atoms with Crippen molar-refractivity contribution in [2.24, 2.45) is 7.05 Å².